The first-order chi connectivity index (χ1) is 7.50. The van der Waals surface area contributed by atoms with Crippen molar-refractivity contribution in [2.24, 2.45) is 5.73 Å². The molecule has 0 radical (unpaired) electrons. The third-order valence-electron chi connectivity index (χ3n) is 1.31. The summed E-state index contributed by atoms with van der Waals surface area (Å²) in [5.41, 5.74) is 4.40. The smallest absolute Gasteiger partial charge is 0.254 e. The lowest BCUT2D eigenvalue weighted by Gasteiger charge is -2.00. The van der Waals surface area contributed by atoms with Gasteiger partial charge in [-0.25, -0.2) is 0 Å². The molecule has 0 saturated carbocycles. The van der Waals surface area contributed by atoms with Crippen LogP contribution in [-0.2, 0) is 0 Å². The summed E-state index contributed by atoms with van der Waals surface area (Å²) in [6, 6.07) is 0. The van der Waals surface area contributed by atoms with Crippen LogP contribution in [0, 0.1) is 0 Å². The average Bonchev–Trinajstić information content (AvgIpc) is 2.19. The van der Waals surface area contributed by atoms with Gasteiger partial charge in [0.1, 0.15) is 0 Å². The number of hydrogen-bond acceptors (Lipinski definition) is 2. The van der Waals surface area contributed by atoms with Gasteiger partial charge in [0, 0.05) is 6.54 Å². The summed E-state index contributed by atoms with van der Waals surface area (Å²) in [5, 5.41) is 18.2. The van der Waals surface area contributed by atoms with Crippen LogP contribution < -0.4 is 11.1 Å². The van der Waals surface area contributed by atoms with E-state index in [9.17, 15) is 0 Å². The molecule has 16 heavy (non-hydrogen) atoms. The molecule has 0 unspecified atom stereocenters. The number of unbranched alkanes of at least 4 members (excludes halogenated alkanes) is 3. The van der Waals surface area contributed by atoms with Gasteiger partial charge in [0.05, 0.1) is 0 Å². The van der Waals surface area contributed by atoms with Crippen LogP contribution in [0.25, 0.3) is 0 Å². The molecular formula is C10H24N2O2S2. The Morgan fingerprint density at radius 3 is 1.88 bits per heavy atom. The van der Waals surface area contributed by atoms with Gasteiger partial charge in [-0.05, 0) is 30.9 Å². The van der Waals surface area contributed by atoms with Crippen molar-refractivity contribution in [2.45, 2.75) is 46.5 Å². The van der Waals surface area contributed by atoms with Crippen molar-refractivity contribution in [2.75, 3.05) is 6.54 Å². The Morgan fingerprint density at radius 1 is 1.12 bits per heavy atom. The molecular weight excluding hydrogens is 244 g/mol. The Kier molecular flexibility index (Phi) is 25.8. The van der Waals surface area contributed by atoms with Crippen molar-refractivity contribution in [3.8, 4) is 0 Å². The topological polar surface area (TPSA) is 78.5 Å². The van der Waals surface area contributed by atoms with E-state index in [1.54, 1.807) is 0 Å². The molecule has 4 nitrogen and oxygen atoms in total. The number of nitrogens with two attached hydrogens (primary N) is 1. The minimum absolute atomic E-state index is 0.0866. The fraction of sp³-hybridized carbons (Fsp3) is 0.800. The van der Waals surface area contributed by atoms with Gasteiger partial charge in [-0.1, -0.05) is 40.0 Å². The summed E-state index contributed by atoms with van der Waals surface area (Å²) in [6.45, 7) is 6.97. The number of aliphatic hydroxyl groups is 2. The zero-order valence-electron chi connectivity index (χ0n) is 10.3. The summed E-state index contributed by atoms with van der Waals surface area (Å²) in [6.07, 6.45) is 4.81. The summed E-state index contributed by atoms with van der Waals surface area (Å²) < 4.78 is 0. The van der Waals surface area contributed by atoms with Gasteiger partial charge in [0.2, 0.25) is 0 Å². The molecule has 0 spiro atoms. The number of thiocarbonyl (C=S) groups is 2. The van der Waals surface area contributed by atoms with Crippen LogP contribution in [0.1, 0.15) is 46.5 Å². The first-order valence-electron chi connectivity index (χ1n) is 5.45. The molecule has 0 fully saturated rings. The molecule has 5 N–H and O–H groups in total. The molecule has 0 amide bonds. The van der Waals surface area contributed by atoms with Crippen LogP contribution in [0.2, 0.25) is 0 Å². The van der Waals surface area contributed by atoms with E-state index in [1.165, 1.54) is 19.3 Å². The summed E-state index contributed by atoms with van der Waals surface area (Å²) >= 11 is 8.29. The van der Waals surface area contributed by atoms with Crippen molar-refractivity contribution in [3.05, 3.63) is 0 Å². The number of nitrogens with one attached hydrogen (secondary N) is 1. The monoisotopic (exact) mass is 268 g/mol. The Balaban J connectivity index is -0.000000237. The average molecular weight is 268 g/mol. The van der Waals surface area contributed by atoms with Crippen molar-refractivity contribution in [1.82, 2.24) is 5.32 Å². The molecule has 0 heterocycles. The zero-order chi connectivity index (χ0) is 13.4. The minimum atomic E-state index is -0.500. The van der Waals surface area contributed by atoms with E-state index in [4.69, 9.17) is 10.2 Å². The lowest BCUT2D eigenvalue weighted by Crippen LogP contribution is -2.21. The highest BCUT2D eigenvalue weighted by atomic mass is 32.1. The second kappa shape index (κ2) is 19.9. The van der Waals surface area contributed by atoms with Crippen LogP contribution in [-0.4, -0.2) is 27.1 Å². The number of aliphatic hydroxyl groups excluding tert-OH is 2. The quantitative estimate of drug-likeness (QED) is 0.454. The van der Waals surface area contributed by atoms with Crippen LogP contribution in [0.3, 0.4) is 0 Å². The Labute approximate surface area is 109 Å². The molecule has 0 aliphatic heterocycles. The molecule has 0 saturated heterocycles. The van der Waals surface area contributed by atoms with Gasteiger partial charge >= 0.3 is 0 Å². The van der Waals surface area contributed by atoms with E-state index in [-0.39, 0.29) is 5.17 Å². The van der Waals surface area contributed by atoms with E-state index in [0.717, 1.165) is 13.0 Å². The van der Waals surface area contributed by atoms with Crippen LogP contribution >= 0.6 is 24.4 Å². The fourth-order valence-electron chi connectivity index (χ4n) is 0.747. The molecule has 0 bridgehead atoms. The van der Waals surface area contributed by atoms with Crippen molar-refractivity contribution in [1.29, 1.82) is 0 Å². The fourth-order valence-corrected chi connectivity index (χ4v) is 0.849. The van der Waals surface area contributed by atoms with E-state index < -0.39 is 5.17 Å². The van der Waals surface area contributed by atoms with E-state index >= 15 is 0 Å². The molecule has 6 heteroatoms. The highest BCUT2D eigenvalue weighted by molar-refractivity contribution is 7.80. The summed E-state index contributed by atoms with van der Waals surface area (Å²) in [4.78, 5) is 0. The summed E-state index contributed by atoms with van der Waals surface area (Å²) in [5.74, 6) is 0. The lowest BCUT2D eigenvalue weighted by atomic mass is 10.2. The number of rotatable bonds is 5. The molecule has 0 atom stereocenters. The van der Waals surface area contributed by atoms with Crippen molar-refractivity contribution < 1.29 is 10.2 Å². The second-order valence-corrected chi connectivity index (χ2v) is 3.44. The molecule has 0 rings (SSSR count). The van der Waals surface area contributed by atoms with E-state index in [1.807, 2.05) is 13.8 Å². The van der Waals surface area contributed by atoms with Gasteiger partial charge in [-0.2, -0.15) is 0 Å². The van der Waals surface area contributed by atoms with Gasteiger partial charge in [-0.15, -0.1) is 0 Å². The third-order valence-corrected chi connectivity index (χ3v) is 1.45. The maximum absolute atomic E-state index is 8.53. The predicted octanol–water partition coefficient (Wildman–Crippen LogP) is 2.81. The maximum atomic E-state index is 8.53. The molecule has 0 aliphatic carbocycles. The van der Waals surface area contributed by atoms with Crippen LogP contribution in [0.5, 0.6) is 0 Å². The van der Waals surface area contributed by atoms with Crippen molar-refractivity contribution in [3.63, 3.8) is 0 Å². The normalized spacial score (nSPS) is 7.69. The van der Waals surface area contributed by atoms with Crippen LogP contribution in [0.4, 0.5) is 0 Å². The SMILES string of the molecule is CC.CCCCCCNC(O)=S.NC(O)=S. The Bertz CT molecular complexity index is 163. The summed E-state index contributed by atoms with van der Waals surface area (Å²) in [7, 11) is 0. The molecule has 0 aromatic rings. The number of hydrogen-bond donors (Lipinski definition) is 4. The van der Waals surface area contributed by atoms with Crippen LogP contribution in [0.15, 0.2) is 0 Å². The molecule has 98 valence electrons. The van der Waals surface area contributed by atoms with E-state index in [0.29, 0.717) is 0 Å². The minimum Gasteiger partial charge on any atom is -0.487 e. The highest BCUT2D eigenvalue weighted by Crippen LogP contribution is 1.96. The zero-order valence-corrected chi connectivity index (χ0v) is 12.0. The van der Waals surface area contributed by atoms with Gasteiger partial charge in [0.25, 0.3) is 10.3 Å². The largest absolute Gasteiger partial charge is 0.487 e. The molecule has 0 aromatic carbocycles. The second-order valence-electron chi connectivity index (χ2n) is 2.63. The Morgan fingerprint density at radius 2 is 1.56 bits per heavy atom. The third kappa shape index (κ3) is 50.4. The molecule has 0 aliphatic rings. The maximum Gasteiger partial charge on any atom is 0.254 e. The highest BCUT2D eigenvalue weighted by Gasteiger charge is 1.88. The van der Waals surface area contributed by atoms with Crippen molar-refractivity contribution >= 4 is 34.8 Å². The lowest BCUT2D eigenvalue weighted by molar-refractivity contribution is 0.523. The molecule has 0 aromatic heterocycles. The van der Waals surface area contributed by atoms with Gasteiger partial charge < -0.3 is 21.3 Å². The standard InChI is InChI=1S/C7H15NOS.C2H6.CH3NOS/c1-2-3-4-5-6-8-7(9)10;1-2;2-1(3)4/h2-6H2,1H3,(H2,8,9,10);1-2H3;(H3,2,3,4). The first-order valence-corrected chi connectivity index (χ1v) is 6.27. The Hall–Kier alpha value is -0.620. The predicted molar refractivity (Wildman–Crippen MR) is 78.1 cm³/mol. The van der Waals surface area contributed by atoms with E-state index in [2.05, 4.69) is 42.4 Å². The van der Waals surface area contributed by atoms with Gasteiger partial charge in [-0.3, -0.25) is 0 Å². The first kappa shape index (κ1) is 20.8. The van der Waals surface area contributed by atoms with Gasteiger partial charge in [0.15, 0.2) is 0 Å².